The van der Waals surface area contributed by atoms with Crippen molar-refractivity contribution in [2.45, 2.75) is 165 Å². The van der Waals surface area contributed by atoms with Gasteiger partial charge in [-0.25, -0.2) is 8.42 Å². The molecular weight excluding hydrogens is 577 g/mol. The van der Waals surface area contributed by atoms with Gasteiger partial charge < -0.3 is 9.84 Å². The summed E-state index contributed by atoms with van der Waals surface area (Å²) in [5, 5.41) is 10.3. The van der Waals surface area contributed by atoms with Gasteiger partial charge in [-0.3, -0.25) is 0 Å². The van der Waals surface area contributed by atoms with Gasteiger partial charge in [0, 0.05) is 0 Å². The highest BCUT2D eigenvalue weighted by atomic mass is 32.2. The maximum Gasteiger partial charge on any atom is 0.204 e. The summed E-state index contributed by atoms with van der Waals surface area (Å²) in [4.78, 5) is 0.173. The van der Waals surface area contributed by atoms with E-state index < -0.39 is 15.3 Å². The number of hydrogen-bond donors (Lipinski definition) is 1. The van der Waals surface area contributed by atoms with Gasteiger partial charge in [0.05, 0.1) is 11.5 Å². The molecule has 1 N–H and O–H groups in total. The average molecular weight is 641 g/mol. The quantitative estimate of drug-likeness (QED) is 0.0742. The van der Waals surface area contributed by atoms with Crippen molar-refractivity contribution >= 4 is 22.0 Å². The SMILES string of the molecule is CCCCCCCCCCCCCCCCCCOc1ccc(C=Cc2ccc(S(=O)(=O)C(O)CCCCCCC)cc2)cc1. The van der Waals surface area contributed by atoms with Gasteiger partial charge in [-0.15, -0.1) is 0 Å². The molecule has 1 atom stereocenters. The first-order chi connectivity index (χ1) is 22.0. The second-order valence-electron chi connectivity index (χ2n) is 12.8. The molecule has 0 amide bonds. The molecule has 0 saturated carbocycles. The van der Waals surface area contributed by atoms with E-state index in [1.165, 1.54) is 96.3 Å². The zero-order valence-corrected chi connectivity index (χ0v) is 29.5. The largest absolute Gasteiger partial charge is 0.494 e. The highest BCUT2D eigenvalue weighted by Gasteiger charge is 2.24. The van der Waals surface area contributed by atoms with Crippen LogP contribution in [0.5, 0.6) is 5.75 Å². The van der Waals surface area contributed by atoms with Crippen LogP contribution in [0.25, 0.3) is 12.2 Å². The van der Waals surface area contributed by atoms with Crippen molar-refractivity contribution in [1.29, 1.82) is 0 Å². The van der Waals surface area contributed by atoms with E-state index in [2.05, 4.69) is 13.8 Å². The Hall–Kier alpha value is -2.11. The monoisotopic (exact) mass is 640 g/mol. The normalized spacial score (nSPS) is 12.6. The Labute approximate surface area is 277 Å². The lowest BCUT2D eigenvalue weighted by atomic mass is 10.0. The molecule has 0 aliphatic carbocycles. The molecule has 2 aromatic carbocycles. The van der Waals surface area contributed by atoms with Crippen LogP contribution in [0.3, 0.4) is 0 Å². The van der Waals surface area contributed by atoms with E-state index in [-0.39, 0.29) is 11.3 Å². The van der Waals surface area contributed by atoms with Crippen molar-refractivity contribution in [2.24, 2.45) is 0 Å². The van der Waals surface area contributed by atoms with Crippen LogP contribution in [0, 0.1) is 0 Å². The summed E-state index contributed by atoms with van der Waals surface area (Å²) in [7, 11) is -3.73. The number of sulfone groups is 1. The lowest BCUT2D eigenvalue weighted by Gasteiger charge is -2.12. The van der Waals surface area contributed by atoms with E-state index in [4.69, 9.17) is 4.74 Å². The van der Waals surface area contributed by atoms with Gasteiger partial charge in [-0.05, 0) is 54.7 Å². The Kier molecular flexibility index (Phi) is 21.7. The molecule has 0 spiro atoms. The zero-order valence-electron chi connectivity index (χ0n) is 28.7. The summed E-state index contributed by atoms with van der Waals surface area (Å²) in [6, 6.07) is 14.8. The maximum atomic E-state index is 12.7. The van der Waals surface area contributed by atoms with Crippen molar-refractivity contribution in [1.82, 2.24) is 0 Å². The Balaban J connectivity index is 1.54. The third-order valence-electron chi connectivity index (χ3n) is 8.74. The van der Waals surface area contributed by atoms with Crippen molar-refractivity contribution < 1.29 is 18.3 Å². The van der Waals surface area contributed by atoms with Gasteiger partial charge in [0.25, 0.3) is 0 Å². The second-order valence-corrected chi connectivity index (χ2v) is 14.9. The van der Waals surface area contributed by atoms with E-state index >= 15 is 0 Å². The van der Waals surface area contributed by atoms with Crippen molar-refractivity contribution in [3.8, 4) is 5.75 Å². The van der Waals surface area contributed by atoms with Crippen LogP contribution < -0.4 is 4.74 Å². The minimum atomic E-state index is -3.73. The number of rotatable bonds is 28. The predicted molar refractivity (Wildman–Crippen MR) is 193 cm³/mol. The second kappa shape index (κ2) is 25.0. The van der Waals surface area contributed by atoms with Crippen molar-refractivity contribution in [3.05, 3.63) is 59.7 Å². The molecule has 0 bridgehead atoms. The minimum absolute atomic E-state index is 0.173. The van der Waals surface area contributed by atoms with E-state index in [1.807, 2.05) is 36.4 Å². The van der Waals surface area contributed by atoms with Crippen molar-refractivity contribution in [2.75, 3.05) is 6.61 Å². The maximum absolute atomic E-state index is 12.7. The fourth-order valence-corrected chi connectivity index (χ4v) is 7.02. The average Bonchev–Trinajstić information content (AvgIpc) is 3.05. The number of hydrogen-bond acceptors (Lipinski definition) is 4. The summed E-state index contributed by atoms with van der Waals surface area (Å²) >= 11 is 0. The Morgan fingerprint density at radius 1 is 0.556 bits per heavy atom. The Bertz CT molecular complexity index is 1110. The molecule has 2 rings (SSSR count). The Morgan fingerprint density at radius 3 is 1.38 bits per heavy atom. The number of benzene rings is 2. The van der Waals surface area contributed by atoms with Gasteiger partial charge in [-0.2, -0.15) is 0 Å². The first-order valence-corrected chi connectivity index (χ1v) is 19.9. The molecule has 254 valence electrons. The molecule has 0 radical (unpaired) electrons. The molecule has 0 fully saturated rings. The number of aliphatic hydroxyl groups excluding tert-OH is 1. The third kappa shape index (κ3) is 18.0. The van der Waals surface area contributed by atoms with Crippen molar-refractivity contribution in [3.63, 3.8) is 0 Å². The van der Waals surface area contributed by atoms with Gasteiger partial charge >= 0.3 is 0 Å². The molecule has 0 saturated heterocycles. The third-order valence-corrected chi connectivity index (χ3v) is 10.6. The molecule has 0 heterocycles. The highest BCUT2D eigenvalue weighted by Crippen LogP contribution is 2.21. The summed E-state index contributed by atoms with van der Waals surface area (Å²) in [6.07, 6.45) is 31.2. The number of aliphatic hydroxyl groups is 1. The number of ether oxygens (including phenoxy) is 1. The predicted octanol–water partition coefficient (Wildman–Crippen LogP) is 11.9. The molecule has 2 aromatic rings. The van der Waals surface area contributed by atoms with E-state index in [1.54, 1.807) is 24.3 Å². The molecule has 4 nitrogen and oxygen atoms in total. The number of unbranched alkanes of at least 4 members (excludes halogenated alkanes) is 19. The molecule has 1 unspecified atom stereocenters. The van der Waals surface area contributed by atoms with Gasteiger partial charge in [0.15, 0.2) is 5.44 Å². The standard InChI is InChI=1S/C40H64O4S/c1-3-5-7-9-10-11-12-13-14-15-16-17-18-19-21-23-35-44-38-31-27-36(28-32-38)25-26-37-29-33-39(34-30-37)45(42,43)40(41)24-22-20-8-6-4-2/h25-34,40-41H,3-24,35H2,1-2H3. The minimum Gasteiger partial charge on any atom is -0.494 e. The van der Waals surface area contributed by atoms with Crippen LogP contribution in [0.2, 0.25) is 0 Å². The summed E-state index contributed by atoms with van der Waals surface area (Å²) in [5.74, 6) is 0.895. The molecule has 5 heteroatoms. The fourth-order valence-electron chi connectivity index (χ4n) is 5.71. The van der Waals surface area contributed by atoms with Crippen LogP contribution >= 0.6 is 0 Å². The van der Waals surface area contributed by atoms with Gasteiger partial charge in [-0.1, -0.05) is 172 Å². The summed E-state index contributed by atoms with van der Waals surface area (Å²) < 4.78 is 31.4. The molecule has 0 aliphatic heterocycles. The van der Waals surface area contributed by atoms with Crippen LogP contribution in [0.1, 0.15) is 166 Å². The van der Waals surface area contributed by atoms with Crippen LogP contribution in [-0.4, -0.2) is 25.6 Å². The summed E-state index contributed by atoms with van der Waals surface area (Å²) in [5.41, 5.74) is 0.622. The fraction of sp³-hybridized carbons (Fsp3) is 0.650. The van der Waals surface area contributed by atoms with Crippen LogP contribution in [-0.2, 0) is 9.84 Å². The van der Waals surface area contributed by atoms with Gasteiger partial charge in [0.1, 0.15) is 5.75 Å². The lowest BCUT2D eigenvalue weighted by molar-refractivity contribution is 0.233. The molecule has 45 heavy (non-hydrogen) atoms. The Morgan fingerprint density at radius 2 is 0.933 bits per heavy atom. The van der Waals surface area contributed by atoms with Crippen LogP contribution in [0.15, 0.2) is 53.4 Å². The lowest BCUT2D eigenvalue weighted by Crippen LogP contribution is -2.20. The van der Waals surface area contributed by atoms with E-state index in [0.29, 0.717) is 0 Å². The van der Waals surface area contributed by atoms with Gasteiger partial charge in [0.2, 0.25) is 9.84 Å². The highest BCUT2D eigenvalue weighted by molar-refractivity contribution is 7.91. The first-order valence-electron chi connectivity index (χ1n) is 18.4. The smallest absolute Gasteiger partial charge is 0.204 e. The molecular formula is C40H64O4S. The topological polar surface area (TPSA) is 63.6 Å². The van der Waals surface area contributed by atoms with Crippen LogP contribution in [0.4, 0.5) is 0 Å². The van der Waals surface area contributed by atoms with E-state index in [0.717, 1.165) is 62.0 Å². The first kappa shape index (κ1) is 39.1. The molecule has 0 aromatic heterocycles. The molecule has 0 aliphatic rings. The summed E-state index contributed by atoms with van der Waals surface area (Å²) in [6.45, 7) is 5.19. The van der Waals surface area contributed by atoms with E-state index in [9.17, 15) is 13.5 Å². The zero-order chi connectivity index (χ0) is 32.4.